The molecule has 0 amide bonds. The molecule has 0 aromatic heterocycles. The van der Waals surface area contributed by atoms with Gasteiger partial charge in [-0.25, -0.2) is 8.42 Å². The summed E-state index contributed by atoms with van der Waals surface area (Å²) < 4.78 is 59.7. The molecular formula is C15H11F3O4S. The third-order valence-corrected chi connectivity index (χ3v) is 4.90. The summed E-state index contributed by atoms with van der Waals surface area (Å²) in [6, 6.07) is 11.1. The lowest BCUT2D eigenvalue weighted by Gasteiger charge is -2.11. The van der Waals surface area contributed by atoms with Crippen LogP contribution in [-0.2, 0) is 16.4 Å². The van der Waals surface area contributed by atoms with Crippen LogP contribution in [0.4, 0.5) is 13.2 Å². The molecule has 0 N–H and O–H groups in total. The molecule has 0 aliphatic carbocycles. The Balaban J connectivity index is 0.000000433. The highest BCUT2D eigenvalue weighted by Gasteiger charge is 2.27. The van der Waals surface area contributed by atoms with E-state index in [0.717, 1.165) is 5.56 Å². The molecule has 8 heteroatoms. The molecule has 0 saturated heterocycles. The van der Waals surface area contributed by atoms with Crippen LogP contribution in [0.5, 0.6) is 5.75 Å². The number of halogens is 3. The average Bonchev–Trinajstić information content (AvgIpc) is 2.59. The van der Waals surface area contributed by atoms with E-state index >= 15 is 0 Å². The van der Waals surface area contributed by atoms with Crippen LogP contribution in [0.3, 0.4) is 0 Å². The Morgan fingerprint density at radius 1 is 1.04 bits per heavy atom. The number of fused-ring (bicyclic) bond motifs is 3. The summed E-state index contributed by atoms with van der Waals surface area (Å²) in [5.74, 6) is 0.215. The van der Waals surface area contributed by atoms with Gasteiger partial charge >= 0.3 is 6.68 Å². The van der Waals surface area contributed by atoms with E-state index in [-0.39, 0.29) is 27.7 Å². The molecule has 0 saturated carbocycles. The average molecular weight is 344 g/mol. The first kappa shape index (κ1) is 17.0. The first-order valence-corrected chi connectivity index (χ1v) is 7.82. The molecular weight excluding hydrogens is 333 g/mol. The number of aldehydes is 1. The van der Waals surface area contributed by atoms with E-state index in [9.17, 15) is 26.4 Å². The van der Waals surface area contributed by atoms with Crippen molar-refractivity contribution in [2.75, 3.05) is 0 Å². The minimum Gasteiger partial charge on any atom is -0.488 e. The highest BCUT2D eigenvalue weighted by Crippen LogP contribution is 2.34. The molecule has 2 aromatic carbocycles. The van der Waals surface area contributed by atoms with E-state index in [2.05, 4.69) is 0 Å². The van der Waals surface area contributed by atoms with Crippen LogP contribution >= 0.6 is 0 Å². The van der Waals surface area contributed by atoms with Crippen molar-refractivity contribution in [3.8, 4) is 5.75 Å². The van der Waals surface area contributed by atoms with Crippen LogP contribution in [0.1, 0.15) is 15.9 Å². The van der Waals surface area contributed by atoms with E-state index in [4.69, 9.17) is 4.74 Å². The van der Waals surface area contributed by atoms with Crippen molar-refractivity contribution in [3.05, 3.63) is 53.6 Å². The van der Waals surface area contributed by atoms with Crippen molar-refractivity contribution < 1.29 is 31.1 Å². The van der Waals surface area contributed by atoms with Crippen molar-refractivity contribution in [3.63, 3.8) is 0 Å². The Morgan fingerprint density at radius 3 is 2.22 bits per heavy atom. The van der Waals surface area contributed by atoms with Crippen molar-refractivity contribution in [2.24, 2.45) is 0 Å². The SMILES string of the molecule is FC(F)F.O=Cc1cccc2c1S(=O)(=O)c1ccc(cc1)CO2. The number of alkyl halides is 3. The van der Waals surface area contributed by atoms with Gasteiger partial charge in [0.1, 0.15) is 17.3 Å². The lowest BCUT2D eigenvalue weighted by atomic mass is 10.2. The van der Waals surface area contributed by atoms with E-state index in [0.29, 0.717) is 6.29 Å². The van der Waals surface area contributed by atoms with E-state index in [1.165, 1.54) is 18.2 Å². The fourth-order valence-corrected chi connectivity index (χ4v) is 3.62. The first-order valence-electron chi connectivity index (χ1n) is 6.33. The normalized spacial score (nSPS) is 14.4. The number of rotatable bonds is 1. The topological polar surface area (TPSA) is 60.4 Å². The van der Waals surface area contributed by atoms with E-state index < -0.39 is 16.5 Å². The standard InChI is InChI=1S/C14H10O4S.CHF3/c15-8-11-2-1-3-13-14(11)19(16,17)12-6-4-10(5-7-12)9-18-13;2-1(3)4/h1-8H,9H2;1H. The van der Waals surface area contributed by atoms with Gasteiger partial charge in [0.15, 0.2) is 6.29 Å². The molecule has 2 aromatic rings. The quantitative estimate of drug-likeness (QED) is 0.744. The zero-order chi connectivity index (χ0) is 17.0. The maximum absolute atomic E-state index is 12.6. The summed E-state index contributed by atoms with van der Waals surface area (Å²) >= 11 is 0. The molecule has 0 atom stereocenters. The second-order valence-corrected chi connectivity index (χ2v) is 6.36. The molecule has 4 rings (SSSR count). The molecule has 122 valence electrons. The molecule has 2 bridgehead atoms. The van der Waals surface area contributed by atoms with E-state index in [1.54, 1.807) is 24.3 Å². The van der Waals surface area contributed by atoms with Crippen LogP contribution < -0.4 is 4.74 Å². The third-order valence-electron chi connectivity index (χ3n) is 3.03. The molecule has 0 spiro atoms. The summed E-state index contributed by atoms with van der Waals surface area (Å²) in [5, 5.41) is 0. The maximum atomic E-state index is 12.6. The van der Waals surface area contributed by atoms with Gasteiger partial charge in [0.2, 0.25) is 9.84 Å². The number of carbonyl (C=O) groups excluding carboxylic acids is 1. The van der Waals surface area contributed by atoms with Crippen LogP contribution in [0.2, 0.25) is 0 Å². The number of ether oxygens (including phenoxy) is 1. The summed E-state index contributed by atoms with van der Waals surface area (Å²) in [4.78, 5) is 11.2. The molecule has 0 fully saturated rings. The van der Waals surface area contributed by atoms with Crippen LogP contribution in [-0.4, -0.2) is 21.4 Å². The van der Waals surface area contributed by atoms with Gasteiger partial charge < -0.3 is 4.74 Å². The van der Waals surface area contributed by atoms with Crippen molar-refractivity contribution >= 4 is 16.1 Å². The predicted molar refractivity (Wildman–Crippen MR) is 75.2 cm³/mol. The minimum absolute atomic E-state index is 0.0579. The number of hydrogen-bond acceptors (Lipinski definition) is 4. The van der Waals surface area contributed by atoms with Gasteiger partial charge in [0.05, 0.1) is 4.90 Å². The summed E-state index contributed by atoms with van der Waals surface area (Å²) in [6.07, 6.45) is 0.533. The molecule has 23 heavy (non-hydrogen) atoms. The Labute approximate surface area is 130 Å². The van der Waals surface area contributed by atoms with Gasteiger partial charge in [0, 0.05) is 5.56 Å². The second kappa shape index (κ2) is 6.82. The Hall–Kier alpha value is -2.35. The van der Waals surface area contributed by atoms with Crippen molar-refractivity contribution in [2.45, 2.75) is 23.1 Å². The fourth-order valence-electron chi connectivity index (χ4n) is 2.07. The summed E-state index contributed by atoms with van der Waals surface area (Å²) in [5.41, 5.74) is 0.991. The number of benzene rings is 2. The van der Waals surface area contributed by atoms with E-state index in [1.807, 2.05) is 0 Å². The Morgan fingerprint density at radius 2 is 1.65 bits per heavy atom. The molecule has 4 nitrogen and oxygen atoms in total. The van der Waals surface area contributed by atoms with Gasteiger partial charge in [-0.1, -0.05) is 24.3 Å². The van der Waals surface area contributed by atoms with Gasteiger partial charge in [-0.3, -0.25) is 4.79 Å². The number of carbonyl (C=O) groups is 1. The lowest BCUT2D eigenvalue weighted by molar-refractivity contribution is 0.00818. The molecule has 0 unspecified atom stereocenters. The predicted octanol–water partition coefficient (Wildman–Crippen LogP) is 3.40. The minimum atomic E-state index is -3.75. The molecule has 2 aliphatic rings. The third kappa shape index (κ3) is 3.70. The van der Waals surface area contributed by atoms with Crippen LogP contribution in [0.25, 0.3) is 0 Å². The molecule has 0 radical (unpaired) electrons. The number of sulfone groups is 1. The smallest absolute Gasteiger partial charge is 0.379 e. The molecule has 2 aliphatic heterocycles. The van der Waals surface area contributed by atoms with Gasteiger partial charge in [-0.2, -0.15) is 13.2 Å². The maximum Gasteiger partial charge on any atom is 0.379 e. The largest absolute Gasteiger partial charge is 0.488 e. The van der Waals surface area contributed by atoms with Crippen molar-refractivity contribution in [1.29, 1.82) is 0 Å². The Bertz CT molecular complexity index is 799. The van der Waals surface area contributed by atoms with Gasteiger partial charge in [-0.15, -0.1) is 0 Å². The van der Waals surface area contributed by atoms with Crippen molar-refractivity contribution in [1.82, 2.24) is 0 Å². The highest BCUT2D eigenvalue weighted by molar-refractivity contribution is 7.91. The second-order valence-electron chi connectivity index (χ2n) is 4.48. The monoisotopic (exact) mass is 344 g/mol. The van der Waals surface area contributed by atoms with Crippen LogP contribution in [0, 0.1) is 0 Å². The lowest BCUT2D eigenvalue weighted by Crippen LogP contribution is -2.07. The number of hydrogen-bond donors (Lipinski definition) is 0. The fraction of sp³-hybridized carbons (Fsp3) is 0.133. The van der Waals surface area contributed by atoms with Gasteiger partial charge in [0.25, 0.3) is 0 Å². The molecule has 2 heterocycles. The van der Waals surface area contributed by atoms with Gasteiger partial charge in [-0.05, 0) is 23.8 Å². The summed E-state index contributed by atoms with van der Waals surface area (Å²) in [6.45, 7) is -3.40. The zero-order valence-electron chi connectivity index (χ0n) is 11.6. The Kier molecular flexibility index (Phi) is 5.05. The summed E-state index contributed by atoms with van der Waals surface area (Å²) in [7, 11) is -3.75. The van der Waals surface area contributed by atoms with Crippen LogP contribution in [0.15, 0.2) is 52.3 Å². The first-order chi connectivity index (χ1) is 10.9. The zero-order valence-corrected chi connectivity index (χ0v) is 12.4. The highest BCUT2D eigenvalue weighted by atomic mass is 32.2.